The van der Waals surface area contributed by atoms with Crippen molar-refractivity contribution >= 4 is 54.0 Å². The molecule has 3 nitrogen and oxygen atoms in total. The van der Waals surface area contributed by atoms with Gasteiger partial charge in [0.2, 0.25) is 0 Å². The Bertz CT molecular complexity index is 2270. The zero-order chi connectivity index (χ0) is 27.6. The Balaban J connectivity index is 1.26. The van der Waals surface area contributed by atoms with E-state index in [0.29, 0.717) is 17.5 Å². The molecule has 0 radical (unpaired) electrons. The number of rotatable bonds is 4. The molecule has 8 aromatic rings. The first-order chi connectivity index (χ1) is 20.8. The third kappa shape index (κ3) is 3.71. The first kappa shape index (κ1) is 23.8. The Morgan fingerprint density at radius 2 is 0.976 bits per heavy atom. The van der Waals surface area contributed by atoms with E-state index in [2.05, 4.69) is 66.7 Å². The van der Waals surface area contributed by atoms with E-state index in [1.165, 1.54) is 46.3 Å². The summed E-state index contributed by atoms with van der Waals surface area (Å²) in [4.78, 5) is 17.5. The van der Waals surface area contributed by atoms with Gasteiger partial charge in [-0.2, -0.15) is 0 Å². The molecular weight excluding hydrogens is 551 g/mol. The predicted octanol–water partition coefficient (Wildman–Crippen LogP) is 10.5. The van der Waals surface area contributed by atoms with Crippen molar-refractivity contribution in [2.75, 3.05) is 0 Å². The summed E-state index contributed by atoms with van der Waals surface area (Å²) >= 11 is 3.77. The zero-order valence-corrected chi connectivity index (χ0v) is 23.9. The van der Waals surface area contributed by atoms with Crippen LogP contribution in [0.3, 0.4) is 0 Å². The molecule has 1 aliphatic rings. The first-order valence-corrected chi connectivity index (χ1v) is 15.5. The molecule has 6 aromatic carbocycles. The number of hydrogen-bond donors (Lipinski definition) is 0. The van der Waals surface area contributed by atoms with Crippen LogP contribution in [0.1, 0.15) is 0 Å². The van der Waals surface area contributed by atoms with E-state index in [0.717, 1.165) is 22.3 Å². The molecule has 3 heterocycles. The second-order valence-corrected chi connectivity index (χ2v) is 12.6. The summed E-state index contributed by atoms with van der Waals surface area (Å²) in [6.07, 6.45) is 0. The number of hydrogen-bond acceptors (Lipinski definition) is 5. The third-order valence-electron chi connectivity index (χ3n) is 7.90. The second-order valence-electron chi connectivity index (χ2n) is 10.4. The highest BCUT2D eigenvalue weighted by atomic mass is 32.2. The van der Waals surface area contributed by atoms with Crippen molar-refractivity contribution in [1.29, 1.82) is 0 Å². The molecule has 0 unspecified atom stereocenters. The molecule has 196 valence electrons. The maximum Gasteiger partial charge on any atom is 0.164 e. The van der Waals surface area contributed by atoms with E-state index >= 15 is 0 Å². The normalized spacial score (nSPS) is 12.2. The van der Waals surface area contributed by atoms with Crippen LogP contribution in [-0.4, -0.2) is 15.0 Å². The maximum atomic E-state index is 4.97. The summed E-state index contributed by atoms with van der Waals surface area (Å²) in [7, 11) is 0. The van der Waals surface area contributed by atoms with E-state index in [-0.39, 0.29) is 0 Å². The molecule has 0 spiro atoms. The van der Waals surface area contributed by atoms with E-state index in [4.69, 9.17) is 15.0 Å². The summed E-state index contributed by atoms with van der Waals surface area (Å²) in [5.41, 5.74) is 5.29. The molecule has 0 bridgehead atoms. The monoisotopic (exact) mass is 571 g/mol. The van der Waals surface area contributed by atoms with Gasteiger partial charge in [-0.1, -0.05) is 109 Å². The largest absolute Gasteiger partial charge is 0.208 e. The van der Waals surface area contributed by atoms with Gasteiger partial charge < -0.3 is 0 Å². The summed E-state index contributed by atoms with van der Waals surface area (Å²) in [6, 6.07) is 44.7. The van der Waals surface area contributed by atoms with Crippen LogP contribution in [0.15, 0.2) is 137 Å². The van der Waals surface area contributed by atoms with Gasteiger partial charge in [-0.3, -0.25) is 0 Å². The quantitative estimate of drug-likeness (QED) is 0.211. The Kier molecular flexibility index (Phi) is 5.30. The van der Waals surface area contributed by atoms with Gasteiger partial charge in [0.15, 0.2) is 17.5 Å². The highest BCUT2D eigenvalue weighted by Crippen LogP contribution is 2.53. The van der Waals surface area contributed by atoms with Crippen LogP contribution in [0.4, 0.5) is 0 Å². The average molecular weight is 572 g/mol. The van der Waals surface area contributed by atoms with Gasteiger partial charge in [-0.25, -0.2) is 15.0 Å². The van der Waals surface area contributed by atoms with E-state index in [1.54, 1.807) is 0 Å². The summed E-state index contributed by atoms with van der Waals surface area (Å²) < 4.78 is 2.68. The molecular formula is C37H21N3S2. The molecule has 42 heavy (non-hydrogen) atoms. The van der Waals surface area contributed by atoms with E-state index in [1.807, 2.05) is 83.8 Å². The van der Waals surface area contributed by atoms with Gasteiger partial charge in [0.05, 0.1) is 0 Å². The van der Waals surface area contributed by atoms with Crippen molar-refractivity contribution in [2.24, 2.45) is 0 Å². The van der Waals surface area contributed by atoms with Crippen LogP contribution in [0.2, 0.25) is 0 Å². The SMILES string of the molecule is c1ccc(-c2nc(-c3ccccc3)nc(-c3cccc(-c4cc5sc6cccc7c6c5c5c(cccc45)S7)c3)n2)cc1. The fraction of sp³-hybridized carbons (Fsp3) is 0. The highest BCUT2D eigenvalue weighted by molar-refractivity contribution is 8.00. The van der Waals surface area contributed by atoms with Crippen molar-refractivity contribution in [3.05, 3.63) is 127 Å². The van der Waals surface area contributed by atoms with Gasteiger partial charge in [0.1, 0.15) is 0 Å². The molecule has 0 fully saturated rings. The fourth-order valence-corrected chi connectivity index (χ4v) is 8.40. The van der Waals surface area contributed by atoms with E-state index in [9.17, 15) is 0 Å². The average Bonchev–Trinajstić information content (AvgIpc) is 3.45. The van der Waals surface area contributed by atoms with Gasteiger partial charge in [0, 0.05) is 52.0 Å². The molecule has 1 aliphatic heterocycles. The van der Waals surface area contributed by atoms with Crippen LogP contribution in [0, 0.1) is 0 Å². The lowest BCUT2D eigenvalue weighted by Gasteiger charge is -2.17. The summed E-state index contributed by atoms with van der Waals surface area (Å²) in [5.74, 6) is 2.00. The Labute approximate surface area is 250 Å². The van der Waals surface area contributed by atoms with Gasteiger partial charge >= 0.3 is 0 Å². The lowest BCUT2D eigenvalue weighted by molar-refractivity contribution is 1.07. The third-order valence-corrected chi connectivity index (χ3v) is 10.1. The van der Waals surface area contributed by atoms with Crippen molar-refractivity contribution in [2.45, 2.75) is 9.79 Å². The first-order valence-electron chi connectivity index (χ1n) is 13.9. The van der Waals surface area contributed by atoms with Crippen molar-refractivity contribution in [3.63, 3.8) is 0 Å². The molecule has 0 amide bonds. The van der Waals surface area contributed by atoms with Crippen molar-refractivity contribution < 1.29 is 0 Å². The minimum atomic E-state index is 0.666. The maximum absolute atomic E-state index is 4.97. The van der Waals surface area contributed by atoms with Crippen LogP contribution >= 0.6 is 23.1 Å². The van der Waals surface area contributed by atoms with Crippen LogP contribution in [0.25, 0.3) is 76.2 Å². The Morgan fingerprint density at radius 3 is 1.69 bits per heavy atom. The second kappa shape index (κ2) is 9.35. The summed E-state index contributed by atoms with van der Waals surface area (Å²) in [5, 5.41) is 5.44. The molecule has 9 rings (SSSR count). The summed E-state index contributed by atoms with van der Waals surface area (Å²) in [6.45, 7) is 0. The van der Waals surface area contributed by atoms with Crippen molar-refractivity contribution in [3.8, 4) is 45.3 Å². The number of thiophene rings is 1. The standard InChI is InChI=1S/C37H21N3S2/c1-3-10-22(11-4-1)35-38-36(23-12-5-2-6-13-23)40-37(39-35)25-15-7-14-24(20-25)27-21-31-34-32-26(27)16-8-17-28(32)41-29-18-9-19-30(42-31)33(29)34/h1-21H. The van der Waals surface area contributed by atoms with Gasteiger partial charge in [0.25, 0.3) is 0 Å². The fourth-order valence-electron chi connectivity index (χ4n) is 6.00. The van der Waals surface area contributed by atoms with Gasteiger partial charge in [-0.05, 0) is 46.8 Å². The van der Waals surface area contributed by atoms with E-state index < -0.39 is 0 Å². The zero-order valence-electron chi connectivity index (χ0n) is 22.3. The lowest BCUT2D eigenvalue weighted by atomic mass is 9.94. The predicted molar refractivity (Wildman–Crippen MR) is 176 cm³/mol. The number of benzene rings is 6. The topological polar surface area (TPSA) is 38.7 Å². The minimum absolute atomic E-state index is 0.666. The molecule has 5 heteroatoms. The highest BCUT2D eigenvalue weighted by Gasteiger charge is 2.22. The molecule has 0 saturated carbocycles. The minimum Gasteiger partial charge on any atom is -0.208 e. The number of nitrogens with zero attached hydrogens (tertiary/aromatic N) is 3. The van der Waals surface area contributed by atoms with Gasteiger partial charge in [-0.15, -0.1) is 11.3 Å². The molecule has 0 atom stereocenters. The van der Waals surface area contributed by atoms with Crippen molar-refractivity contribution in [1.82, 2.24) is 15.0 Å². The van der Waals surface area contributed by atoms with Crippen LogP contribution in [-0.2, 0) is 0 Å². The molecule has 0 N–H and O–H groups in total. The van der Waals surface area contributed by atoms with Crippen LogP contribution < -0.4 is 0 Å². The molecule has 2 aromatic heterocycles. The Morgan fingerprint density at radius 1 is 0.405 bits per heavy atom. The van der Waals surface area contributed by atoms with Crippen LogP contribution in [0.5, 0.6) is 0 Å². The Hall–Kier alpha value is -4.84. The smallest absolute Gasteiger partial charge is 0.164 e. The lowest BCUT2D eigenvalue weighted by Crippen LogP contribution is -2.00. The molecule has 0 saturated heterocycles. The number of aromatic nitrogens is 3. The molecule has 0 aliphatic carbocycles.